The van der Waals surface area contributed by atoms with Gasteiger partial charge in [0.1, 0.15) is 0 Å². The van der Waals surface area contributed by atoms with Gasteiger partial charge in [0.05, 0.1) is 0 Å². The van der Waals surface area contributed by atoms with Gasteiger partial charge in [-0.2, -0.15) is 0 Å². The number of halogens is 3. The predicted molar refractivity (Wildman–Crippen MR) is 47.5 cm³/mol. The van der Waals surface area contributed by atoms with Gasteiger partial charge in [-0.1, -0.05) is 0 Å². The number of rotatable bonds is 2. The standard InChI is InChI=1S/C3H5Br3Ge/c1-2-3-7(4,5)6/h2H,1,3H2. The number of hydrogen-bond donors (Lipinski definition) is 0. The topological polar surface area (TPSA) is 0 Å². The zero-order valence-electron chi connectivity index (χ0n) is 3.63. The second-order valence-corrected chi connectivity index (χ2v) is 42.2. The van der Waals surface area contributed by atoms with E-state index < -0.39 is 7.74 Å². The summed E-state index contributed by atoms with van der Waals surface area (Å²) in [6.07, 6.45) is 1.90. The van der Waals surface area contributed by atoms with Crippen molar-refractivity contribution in [2.75, 3.05) is 0 Å². The Morgan fingerprint density at radius 1 is 1.43 bits per heavy atom. The number of hydrogen-bond acceptors (Lipinski definition) is 0. The van der Waals surface area contributed by atoms with Gasteiger partial charge in [-0.15, -0.1) is 0 Å². The van der Waals surface area contributed by atoms with Crippen molar-refractivity contribution in [3.63, 3.8) is 0 Å². The minimum atomic E-state index is -1.76. The summed E-state index contributed by atoms with van der Waals surface area (Å²) in [5, 5.41) is 1.04. The molecule has 0 aromatic rings. The zero-order chi connectivity index (χ0) is 5.91. The summed E-state index contributed by atoms with van der Waals surface area (Å²) in [6, 6.07) is 0. The molecule has 0 saturated carbocycles. The normalized spacial score (nSPS) is 11.3. The van der Waals surface area contributed by atoms with Crippen molar-refractivity contribution in [2.24, 2.45) is 0 Å². The third kappa shape index (κ3) is 7.72. The van der Waals surface area contributed by atoms with Crippen molar-refractivity contribution in [2.45, 2.75) is 5.25 Å². The first kappa shape index (κ1) is 8.72. The molecule has 0 saturated heterocycles. The molecule has 0 aliphatic heterocycles. The van der Waals surface area contributed by atoms with E-state index in [2.05, 4.69) is 48.6 Å². The first-order chi connectivity index (χ1) is 3.06. The van der Waals surface area contributed by atoms with Crippen LogP contribution < -0.4 is 0 Å². The first-order valence-corrected chi connectivity index (χ1v) is 18.0. The molecular weight excluding hydrogens is 348 g/mol. The molecule has 0 aromatic heterocycles. The maximum absolute atomic E-state index is 3.60. The fourth-order valence-electron chi connectivity index (χ4n) is 0.164. The molecule has 0 aliphatic rings. The van der Waals surface area contributed by atoms with E-state index >= 15 is 0 Å². The van der Waals surface area contributed by atoms with Gasteiger partial charge in [0.2, 0.25) is 0 Å². The van der Waals surface area contributed by atoms with Crippen LogP contribution in [0.2, 0.25) is 5.25 Å². The van der Waals surface area contributed by atoms with Crippen LogP contribution in [0.25, 0.3) is 0 Å². The second-order valence-electron chi connectivity index (χ2n) is 1.11. The summed E-state index contributed by atoms with van der Waals surface area (Å²) >= 11 is 10.5. The van der Waals surface area contributed by atoms with E-state index in [1.54, 1.807) is 0 Å². The first-order valence-electron chi connectivity index (χ1n) is 1.74. The number of allylic oxidation sites excluding steroid dienone is 1. The van der Waals surface area contributed by atoms with Crippen LogP contribution in [0, 0.1) is 0 Å². The summed E-state index contributed by atoms with van der Waals surface area (Å²) < 4.78 is 0. The molecule has 4 heteroatoms. The van der Waals surface area contributed by atoms with Crippen LogP contribution in [0.1, 0.15) is 0 Å². The van der Waals surface area contributed by atoms with E-state index in [0.717, 1.165) is 5.25 Å². The minimum absolute atomic E-state index is 1.04. The van der Waals surface area contributed by atoms with Crippen LogP contribution in [0.3, 0.4) is 0 Å². The van der Waals surface area contributed by atoms with Crippen LogP contribution in [0.15, 0.2) is 12.7 Å². The predicted octanol–water partition coefficient (Wildman–Crippen LogP) is 3.30. The molecule has 0 heterocycles. The molecule has 0 radical (unpaired) electrons. The third-order valence-corrected chi connectivity index (χ3v) is 7.00. The van der Waals surface area contributed by atoms with E-state index in [9.17, 15) is 0 Å². The van der Waals surface area contributed by atoms with Gasteiger partial charge in [0.15, 0.2) is 0 Å². The van der Waals surface area contributed by atoms with Gasteiger partial charge in [-0.05, 0) is 0 Å². The van der Waals surface area contributed by atoms with Gasteiger partial charge in [-0.25, -0.2) is 0 Å². The van der Waals surface area contributed by atoms with Crippen molar-refractivity contribution in [3.05, 3.63) is 12.7 Å². The van der Waals surface area contributed by atoms with Gasteiger partial charge < -0.3 is 0 Å². The Kier molecular flexibility index (Phi) is 4.60. The van der Waals surface area contributed by atoms with Crippen LogP contribution in [0.4, 0.5) is 0 Å². The average molecular weight is 353 g/mol. The summed E-state index contributed by atoms with van der Waals surface area (Å²) in [6.45, 7) is 3.60. The Morgan fingerprint density at radius 3 is 1.86 bits per heavy atom. The Morgan fingerprint density at radius 2 is 1.86 bits per heavy atom. The summed E-state index contributed by atoms with van der Waals surface area (Å²) in [5.41, 5.74) is 0. The van der Waals surface area contributed by atoms with E-state index in [-0.39, 0.29) is 0 Å². The molecule has 0 unspecified atom stereocenters. The van der Waals surface area contributed by atoms with Gasteiger partial charge >= 0.3 is 67.7 Å². The molecule has 0 rings (SSSR count). The van der Waals surface area contributed by atoms with Crippen molar-refractivity contribution >= 4 is 49.8 Å². The van der Waals surface area contributed by atoms with Gasteiger partial charge in [0.25, 0.3) is 0 Å². The fraction of sp³-hybridized carbons (Fsp3) is 0.333. The molecule has 0 nitrogen and oxygen atoms in total. The van der Waals surface area contributed by atoms with Crippen molar-refractivity contribution in [1.82, 2.24) is 0 Å². The molecule has 0 fully saturated rings. The van der Waals surface area contributed by atoms with Crippen LogP contribution in [-0.4, -0.2) is 7.74 Å². The van der Waals surface area contributed by atoms with Crippen molar-refractivity contribution in [3.8, 4) is 0 Å². The molecule has 0 aliphatic carbocycles. The third-order valence-electron chi connectivity index (χ3n) is 0.376. The Balaban J connectivity index is 3.34. The molecule has 0 amide bonds. The maximum atomic E-state index is 3.60. The summed E-state index contributed by atoms with van der Waals surface area (Å²) in [5.74, 6) is 0. The zero-order valence-corrected chi connectivity index (χ0v) is 10.5. The molecule has 0 atom stereocenters. The SMILES string of the molecule is C=C[CH2][Ge]([Br])([Br])[Br]. The monoisotopic (exact) mass is 352 g/mol. The van der Waals surface area contributed by atoms with Crippen molar-refractivity contribution in [1.29, 1.82) is 0 Å². The molecule has 7 heavy (non-hydrogen) atoms. The summed E-state index contributed by atoms with van der Waals surface area (Å²) in [7, 11) is -1.76. The second kappa shape index (κ2) is 3.69. The van der Waals surface area contributed by atoms with Crippen LogP contribution in [0.5, 0.6) is 0 Å². The van der Waals surface area contributed by atoms with Crippen LogP contribution >= 0.6 is 42.0 Å². The van der Waals surface area contributed by atoms with Gasteiger partial charge in [0, 0.05) is 0 Å². The van der Waals surface area contributed by atoms with Crippen molar-refractivity contribution < 1.29 is 0 Å². The molecular formula is C3H5Br3Ge. The molecule has 42 valence electrons. The Hall–Kier alpha value is 1.72. The molecule has 0 aromatic carbocycles. The van der Waals surface area contributed by atoms with E-state index in [1.807, 2.05) is 6.08 Å². The van der Waals surface area contributed by atoms with Crippen LogP contribution in [-0.2, 0) is 0 Å². The quantitative estimate of drug-likeness (QED) is 0.528. The fourth-order valence-corrected chi connectivity index (χ4v) is 4.42. The summed E-state index contributed by atoms with van der Waals surface area (Å²) in [4.78, 5) is 0. The average Bonchev–Trinajstić information content (AvgIpc) is 1.30. The van der Waals surface area contributed by atoms with Gasteiger partial charge in [-0.3, -0.25) is 0 Å². The van der Waals surface area contributed by atoms with E-state index in [4.69, 9.17) is 0 Å². The molecule has 0 N–H and O–H groups in total. The van der Waals surface area contributed by atoms with E-state index in [0.29, 0.717) is 0 Å². The van der Waals surface area contributed by atoms with E-state index in [1.165, 1.54) is 0 Å². The Bertz CT molecular complexity index is 65.1. The Labute approximate surface area is 67.0 Å². The molecule has 0 bridgehead atoms. The molecule has 0 spiro atoms.